The minimum atomic E-state index is -1.38. The van der Waals surface area contributed by atoms with Gasteiger partial charge in [-0.1, -0.05) is 44.5 Å². The third-order valence-corrected chi connectivity index (χ3v) is 8.21. The van der Waals surface area contributed by atoms with Crippen LogP contribution in [0.1, 0.15) is 26.3 Å². The summed E-state index contributed by atoms with van der Waals surface area (Å²) < 4.78 is 4.88. The van der Waals surface area contributed by atoms with E-state index in [1.165, 1.54) is 18.1 Å². The molecule has 1 nitrogen and oxygen atoms in total. The third kappa shape index (κ3) is 3.46. The summed E-state index contributed by atoms with van der Waals surface area (Å²) in [6, 6.07) is 11.5. The van der Waals surface area contributed by atoms with Gasteiger partial charge in [0.05, 0.1) is 0 Å². The topological polar surface area (TPSA) is 12.4 Å². The van der Waals surface area contributed by atoms with Gasteiger partial charge in [-0.05, 0) is 35.8 Å². The van der Waals surface area contributed by atoms with Gasteiger partial charge in [0, 0.05) is 11.2 Å². The predicted octanol–water partition coefficient (Wildman–Crippen LogP) is 4.76. The highest BCUT2D eigenvalue weighted by atomic mass is 35.5. The molecule has 0 N–H and O–H groups in total. The molecule has 16 heavy (non-hydrogen) atoms. The lowest BCUT2D eigenvalue weighted by Gasteiger charge is -2.21. The van der Waals surface area contributed by atoms with E-state index >= 15 is 0 Å². The molecule has 0 aliphatic carbocycles. The van der Waals surface area contributed by atoms with Crippen molar-refractivity contribution in [2.45, 2.75) is 38.9 Å². The van der Waals surface area contributed by atoms with Crippen LogP contribution in [0.2, 0.25) is 23.2 Å². The van der Waals surface area contributed by atoms with E-state index in [1.807, 2.05) is 30.5 Å². The average molecular weight is 254 g/mol. The number of benzene rings is 1. The van der Waals surface area contributed by atoms with Crippen LogP contribution in [-0.4, -0.2) is 14.5 Å². The van der Waals surface area contributed by atoms with Crippen molar-refractivity contribution in [1.82, 2.24) is 0 Å². The molecule has 1 rings (SSSR count). The van der Waals surface area contributed by atoms with Gasteiger partial charge in [-0.3, -0.25) is 0 Å². The van der Waals surface area contributed by atoms with Gasteiger partial charge in [0.25, 0.3) is 0 Å². The summed E-state index contributed by atoms with van der Waals surface area (Å²) in [5, 5.41) is 0.780. The summed E-state index contributed by atoms with van der Waals surface area (Å²) in [7, 11) is -1.38. The summed E-state index contributed by atoms with van der Waals surface area (Å²) >= 11 is 5.85. The molecule has 1 aromatic carbocycles. The highest BCUT2D eigenvalue weighted by molar-refractivity contribution is 6.78. The van der Waals surface area contributed by atoms with Crippen LogP contribution >= 0.6 is 11.6 Å². The fourth-order valence-electron chi connectivity index (χ4n) is 1.78. The summed E-state index contributed by atoms with van der Waals surface area (Å²) in [5.74, 6) is 0. The Labute approximate surface area is 105 Å². The zero-order chi connectivity index (χ0) is 12.0. The molecule has 0 aliphatic heterocycles. The van der Waals surface area contributed by atoms with Crippen molar-refractivity contribution in [3.05, 3.63) is 34.9 Å². The van der Waals surface area contributed by atoms with E-state index in [0.717, 1.165) is 10.6 Å². The molecule has 0 atom stereocenters. The zero-order valence-electron chi connectivity index (χ0n) is 10.3. The van der Waals surface area contributed by atoms with Gasteiger partial charge in [0.2, 0.25) is 0 Å². The van der Waals surface area contributed by atoms with Gasteiger partial charge in [0.1, 0.15) is 0 Å². The molecular weight excluding hydrogens is 234 g/mol. The smallest absolute Gasteiger partial charge is 0.180 e. The number of rotatable bonds is 5. The number of halogens is 1. The molecule has 3 heteroatoms. The van der Waals surface area contributed by atoms with Crippen LogP contribution in [0.4, 0.5) is 0 Å². The van der Waals surface area contributed by atoms with Crippen LogP contribution in [-0.2, 0) is 0 Å². The van der Waals surface area contributed by atoms with E-state index in [2.05, 4.69) is 20.8 Å². The Balaban J connectivity index is 2.82. The van der Waals surface area contributed by atoms with E-state index < -0.39 is 8.24 Å². The molecule has 0 unspecified atom stereocenters. The first-order chi connectivity index (χ1) is 7.65. The van der Waals surface area contributed by atoms with Crippen molar-refractivity contribution in [3.63, 3.8) is 0 Å². The first kappa shape index (κ1) is 13.5. The summed E-state index contributed by atoms with van der Waals surface area (Å²) in [6.07, 6.45) is 2.03. The van der Waals surface area contributed by atoms with Gasteiger partial charge >= 0.3 is 0 Å². The molecule has 88 valence electrons. The zero-order valence-corrected chi connectivity index (χ0v) is 12.1. The molecule has 0 heterocycles. The Morgan fingerprint density at radius 3 is 2.00 bits per heavy atom. The molecule has 0 saturated heterocycles. The van der Waals surface area contributed by atoms with Crippen LogP contribution in [0.3, 0.4) is 0 Å². The van der Waals surface area contributed by atoms with Crippen LogP contribution in [0, 0.1) is 0 Å². The summed E-state index contributed by atoms with van der Waals surface area (Å²) in [6.45, 7) is 6.79. The molecule has 0 spiro atoms. The first-order valence-corrected chi connectivity index (χ1v) is 8.91. The van der Waals surface area contributed by atoms with Crippen molar-refractivity contribution < 1.29 is 0 Å². The number of hydrogen-bond acceptors (Lipinski definition) is 1. The fourth-order valence-corrected chi connectivity index (χ4v) is 4.38. The van der Waals surface area contributed by atoms with Crippen molar-refractivity contribution in [3.8, 4) is 0 Å². The second kappa shape index (κ2) is 6.21. The molecular formula is C13H20ClNSi. The second-order valence-electron chi connectivity index (χ2n) is 4.09. The Bertz CT molecular complexity index is 333. The molecule has 0 radical (unpaired) electrons. The minimum absolute atomic E-state index is 0.780. The third-order valence-electron chi connectivity index (χ3n) is 3.33. The van der Waals surface area contributed by atoms with Crippen molar-refractivity contribution in [2.75, 3.05) is 0 Å². The van der Waals surface area contributed by atoms with Gasteiger partial charge < -0.3 is 4.66 Å². The number of nitrogens with zero attached hydrogens (tertiary/aromatic N) is 1. The van der Waals surface area contributed by atoms with E-state index in [0.29, 0.717) is 0 Å². The van der Waals surface area contributed by atoms with Crippen molar-refractivity contribution in [2.24, 2.45) is 4.66 Å². The van der Waals surface area contributed by atoms with Gasteiger partial charge in [-0.25, -0.2) is 0 Å². The van der Waals surface area contributed by atoms with Crippen LogP contribution in [0.5, 0.6) is 0 Å². The molecule has 1 aromatic rings. The lowest BCUT2D eigenvalue weighted by molar-refractivity contribution is 1.15. The van der Waals surface area contributed by atoms with E-state index in [9.17, 15) is 0 Å². The highest BCUT2D eigenvalue weighted by Gasteiger charge is 2.25. The van der Waals surface area contributed by atoms with Crippen LogP contribution < -0.4 is 0 Å². The molecule has 0 saturated carbocycles. The maximum atomic E-state index is 5.85. The maximum Gasteiger partial charge on any atom is 0.180 e. The van der Waals surface area contributed by atoms with Gasteiger partial charge in [-0.15, -0.1) is 0 Å². The lowest BCUT2D eigenvalue weighted by Crippen LogP contribution is -2.29. The quantitative estimate of drug-likeness (QED) is 0.530. The Hall–Kier alpha value is -0.603. The SMILES string of the molecule is CC[Si](CC)(CC)N=Cc1ccc(Cl)cc1. The number of hydrogen-bond donors (Lipinski definition) is 0. The Morgan fingerprint density at radius 1 is 1.06 bits per heavy atom. The largest absolute Gasteiger partial charge is 0.328 e. The lowest BCUT2D eigenvalue weighted by atomic mass is 10.2. The normalized spacial score (nSPS) is 12.2. The molecule has 0 aromatic heterocycles. The maximum absolute atomic E-state index is 5.85. The standard InChI is InChI=1S/C13H20ClNSi/c1-4-16(5-2,6-3)15-11-12-7-9-13(14)10-8-12/h7-11H,4-6H2,1-3H3. The molecule has 0 aliphatic rings. The van der Waals surface area contributed by atoms with Gasteiger partial charge in [-0.2, -0.15) is 0 Å². The second-order valence-corrected chi connectivity index (χ2v) is 9.36. The van der Waals surface area contributed by atoms with E-state index in [1.54, 1.807) is 0 Å². The monoisotopic (exact) mass is 253 g/mol. The molecule has 0 amide bonds. The van der Waals surface area contributed by atoms with Crippen LogP contribution in [0.25, 0.3) is 0 Å². The van der Waals surface area contributed by atoms with Crippen molar-refractivity contribution in [1.29, 1.82) is 0 Å². The average Bonchev–Trinajstić information content (AvgIpc) is 2.34. The Kier molecular flexibility index (Phi) is 5.23. The summed E-state index contributed by atoms with van der Waals surface area (Å²) in [5.41, 5.74) is 1.15. The van der Waals surface area contributed by atoms with E-state index in [-0.39, 0.29) is 0 Å². The molecule has 0 bridgehead atoms. The first-order valence-electron chi connectivity index (χ1n) is 5.96. The summed E-state index contributed by atoms with van der Waals surface area (Å²) in [4.78, 5) is 0. The fraction of sp³-hybridized carbons (Fsp3) is 0.462. The van der Waals surface area contributed by atoms with Crippen molar-refractivity contribution >= 4 is 26.1 Å². The predicted molar refractivity (Wildman–Crippen MR) is 76.2 cm³/mol. The van der Waals surface area contributed by atoms with Crippen LogP contribution in [0.15, 0.2) is 28.9 Å². The molecule has 0 fully saturated rings. The highest BCUT2D eigenvalue weighted by Crippen LogP contribution is 2.21. The van der Waals surface area contributed by atoms with E-state index in [4.69, 9.17) is 16.3 Å². The van der Waals surface area contributed by atoms with Gasteiger partial charge in [0.15, 0.2) is 8.24 Å². The minimum Gasteiger partial charge on any atom is -0.328 e. The Morgan fingerprint density at radius 2 is 1.56 bits per heavy atom.